The van der Waals surface area contributed by atoms with Gasteiger partial charge in [0.25, 0.3) is 0 Å². The van der Waals surface area contributed by atoms with Crippen LogP contribution in [0.4, 0.5) is 5.82 Å². The summed E-state index contributed by atoms with van der Waals surface area (Å²) in [6, 6.07) is 22.0. The first-order valence-corrected chi connectivity index (χ1v) is 6.70. The van der Waals surface area contributed by atoms with Crippen molar-refractivity contribution in [2.24, 2.45) is 0 Å². The second kappa shape index (κ2) is 5.93. The van der Waals surface area contributed by atoms with Crippen molar-refractivity contribution in [3.63, 3.8) is 0 Å². The summed E-state index contributed by atoms with van der Waals surface area (Å²) in [4.78, 5) is 0. The fraction of sp³-hybridized carbons (Fsp3) is 0.0588. The second-order valence-electron chi connectivity index (χ2n) is 4.64. The van der Waals surface area contributed by atoms with Gasteiger partial charge in [-0.25, -0.2) is 0 Å². The van der Waals surface area contributed by atoms with Crippen LogP contribution in [0.15, 0.2) is 60.7 Å². The number of anilines is 1. The Morgan fingerprint density at radius 3 is 2.33 bits per heavy atom. The van der Waals surface area contributed by atoms with Gasteiger partial charge in [0.05, 0.1) is 5.69 Å². The van der Waals surface area contributed by atoms with Crippen molar-refractivity contribution < 1.29 is 0 Å². The first-order valence-electron chi connectivity index (χ1n) is 6.70. The molecule has 2 aromatic carbocycles. The lowest BCUT2D eigenvalue weighted by molar-refractivity contribution is 1.05. The predicted molar refractivity (Wildman–Crippen MR) is 82.5 cm³/mol. The highest BCUT2D eigenvalue weighted by Crippen LogP contribution is 2.25. The van der Waals surface area contributed by atoms with Crippen molar-refractivity contribution in [2.45, 2.75) is 6.54 Å². The third-order valence-corrected chi connectivity index (χ3v) is 3.24. The highest BCUT2D eigenvalue weighted by molar-refractivity contribution is 5.73. The number of nitriles is 1. The lowest BCUT2D eigenvalue weighted by Gasteiger charge is -2.03. The maximum atomic E-state index is 9.40. The van der Waals surface area contributed by atoms with Crippen molar-refractivity contribution in [3.05, 3.63) is 71.8 Å². The zero-order valence-corrected chi connectivity index (χ0v) is 11.4. The number of aromatic nitrogens is 2. The van der Waals surface area contributed by atoms with Gasteiger partial charge in [0, 0.05) is 12.1 Å². The minimum absolute atomic E-state index is 0.539. The molecule has 1 aromatic heterocycles. The Morgan fingerprint density at radius 1 is 1.00 bits per heavy atom. The molecule has 0 saturated carbocycles. The molecule has 4 nitrogen and oxygen atoms in total. The molecule has 3 rings (SSSR count). The van der Waals surface area contributed by atoms with Gasteiger partial charge in [-0.15, -0.1) is 0 Å². The normalized spacial score (nSPS) is 10.0. The molecule has 0 aliphatic carbocycles. The average molecular weight is 274 g/mol. The number of aromatic amines is 1. The van der Waals surface area contributed by atoms with E-state index in [0.717, 1.165) is 16.8 Å². The van der Waals surface area contributed by atoms with Crippen molar-refractivity contribution in [2.75, 3.05) is 5.32 Å². The van der Waals surface area contributed by atoms with Crippen molar-refractivity contribution in [1.29, 1.82) is 5.26 Å². The smallest absolute Gasteiger partial charge is 0.166 e. The summed E-state index contributed by atoms with van der Waals surface area (Å²) in [7, 11) is 0. The van der Waals surface area contributed by atoms with E-state index in [-0.39, 0.29) is 0 Å². The standard InChI is InChI=1S/C17H14N4/c18-11-15-16(14-9-5-2-6-10-14)20-21-17(15)19-12-13-7-3-1-4-8-13/h1-10H,12H2,(H2,19,20,21). The molecule has 102 valence electrons. The van der Waals surface area contributed by atoms with Gasteiger partial charge in [-0.2, -0.15) is 10.4 Å². The Labute approximate surface area is 123 Å². The van der Waals surface area contributed by atoms with E-state index in [1.807, 2.05) is 60.7 Å². The molecule has 2 N–H and O–H groups in total. The molecule has 0 atom stereocenters. The summed E-state index contributed by atoms with van der Waals surface area (Å²) in [6.07, 6.45) is 0. The molecule has 0 saturated heterocycles. The molecule has 0 fully saturated rings. The molecule has 0 radical (unpaired) electrons. The number of rotatable bonds is 4. The van der Waals surface area contributed by atoms with E-state index in [4.69, 9.17) is 0 Å². The summed E-state index contributed by atoms with van der Waals surface area (Å²) in [6.45, 7) is 0.634. The minimum atomic E-state index is 0.539. The highest BCUT2D eigenvalue weighted by atomic mass is 15.2. The van der Waals surface area contributed by atoms with Crippen LogP contribution in [0.25, 0.3) is 11.3 Å². The van der Waals surface area contributed by atoms with Crippen LogP contribution in [0.2, 0.25) is 0 Å². The summed E-state index contributed by atoms with van der Waals surface area (Å²) in [5.74, 6) is 0.584. The third-order valence-electron chi connectivity index (χ3n) is 3.24. The molecular weight excluding hydrogens is 260 g/mol. The predicted octanol–water partition coefficient (Wildman–Crippen LogP) is 3.56. The quantitative estimate of drug-likeness (QED) is 0.764. The number of hydrogen-bond acceptors (Lipinski definition) is 3. The number of nitrogens with one attached hydrogen (secondary N) is 2. The molecular formula is C17H14N4. The Kier molecular flexibility index (Phi) is 3.66. The minimum Gasteiger partial charge on any atom is -0.363 e. The lowest BCUT2D eigenvalue weighted by atomic mass is 10.1. The third kappa shape index (κ3) is 2.77. The van der Waals surface area contributed by atoms with Crippen LogP contribution in [0.5, 0.6) is 0 Å². The van der Waals surface area contributed by atoms with E-state index in [1.165, 1.54) is 0 Å². The van der Waals surface area contributed by atoms with E-state index >= 15 is 0 Å². The summed E-state index contributed by atoms with van der Waals surface area (Å²) in [5.41, 5.74) is 3.38. The van der Waals surface area contributed by atoms with E-state index in [9.17, 15) is 5.26 Å². The van der Waals surface area contributed by atoms with Crippen molar-refractivity contribution in [1.82, 2.24) is 10.2 Å². The number of nitrogens with zero attached hydrogens (tertiary/aromatic N) is 2. The molecule has 0 aliphatic rings. The molecule has 0 unspecified atom stereocenters. The first kappa shape index (κ1) is 12.9. The van der Waals surface area contributed by atoms with Crippen LogP contribution in [0.3, 0.4) is 0 Å². The second-order valence-corrected chi connectivity index (χ2v) is 4.64. The van der Waals surface area contributed by atoms with Gasteiger partial charge in [-0.05, 0) is 5.56 Å². The van der Waals surface area contributed by atoms with Gasteiger partial charge in [0.2, 0.25) is 0 Å². The Balaban J connectivity index is 1.84. The van der Waals surface area contributed by atoms with Gasteiger partial charge < -0.3 is 5.32 Å². The first-order chi connectivity index (χ1) is 10.4. The molecule has 1 heterocycles. The molecule has 0 spiro atoms. The van der Waals surface area contributed by atoms with Gasteiger partial charge in [-0.3, -0.25) is 5.10 Å². The van der Waals surface area contributed by atoms with E-state index in [0.29, 0.717) is 17.9 Å². The van der Waals surface area contributed by atoms with Gasteiger partial charge in [0.1, 0.15) is 11.6 Å². The van der Waals surface area contributed by atoms with E-state index in [1.54, 1.807) is 0 Å². The molecule has 0 bridgehead atoms. The molecule has 3 aromatic rings. The number of hydrogen-bond donors (Lipinski definition) is 2. The van der Waals surface area contributed by atoms with Crippen LogP contribution >= 0.6 is 0 Å². The zero-order chi connectivity index (χ0) is 14.5. The van der Waals surface area contributed by atoms with Gasteiger partial charge in [0.15, 0.2) is 5.82 Å². The van der Waals surface area contributed by atoms with Crippen LogP contribution < -0.4 is 5.32 Å². The molecule has 4 heteroatoms. The Hall–Kier alpha value is -3.06. The van der Waals surface area contributed by atoms with Crippen molar-refractivity contribution in [3.8, 4) is 17.3 Å². The van der Waals surface area contributed by atoms with Crippen LogP contribution in [0.1, 0.15) is 11.1 Å². The van der Waals surface area contributed by atoms with Crippen LogP contribution in [-0.2, 0) is 6.54 Å². The number of benzene rings is 2. The fourth-order valence-electron chi connectivity index (χ4n) is 2.17. The fourth-order valence-corrected chi connectivity index (χ4v) is 2.17. The number of H-pyrrole nitrogens is 1. The maximum Gasteiger partial charge on any atom is 0.166 e. The van der Waals surface area contributed by atoms with Crippen LogP contribution in [-0.4, -0.2) is 10.2 Å². The van der Waals surface area contributed by atoms with Crippen LogP contribution in [0, 0.1) is 11.3 Å². The SMILES string of the molecule is N#Cc1c(NCc2ccccc2)n[nH]c1-c1ccccc1. The average Bonchev–Trinajstić information content (AvgIpc) is 2.97. The van der Waals surface area contributed by atoms with E-state index in [2.05, 4.69) is 21.6 Å². The summed E-state index contributed by atoms with van der Waals surface area (Å²) >= 11 is 0. The maximum absolute atomic E-state index is 9.40. The monoisotopic (exact) mass is 274 g/mol. The van der Waals surface area contributed by atoms with Crippen molar-refractivity contribution >= 4 is 5.82 Å². The molecule has 21 heavy (non-hydrogen) atoms. The summed E-state index contributed by atoms with van der Waals surface area (Å²) < 4.78 is 0. The Bertz CT molecular complexity index is 754. The van der Waals surface area contributed by atoms with E-state index < -0.39 is 0 Å². The van der Waals surface area contributed by atoms with Gasteiger partial charge >= 0.3 is 0 Å². The highest BCUT2D eigenvalue weighted by Gasteiger charge is 2.13. The lowest BCUT2D eigenvalue weighted by Crippen LogP contribution is -2.00. The van der Waals surface area contributed by atoms with Gasteiger partial charge in [-0.1, -0.05) is 60.7 Å². The summed E-state index contributed by atoms with van der Waals surface area (Å²) in [5, 5.41) is 19.8. The molecule has 0 aliphatic heterocycles. The molecule has 0 amide bonds. The largest absolute Gasteiger partial charge is 0.363 e. The topological polar surface area (TPSA) is 64.5 Å². The Morgan fingerprint density at radius 2 is 1.67 bits per heavy atom. The zero-order valence-electron chi connectivity index (χ0n) is 11.4.